The highest BCUT2D eigenvalue weighted by molar-refractivity contribution is 5.90. The van der Waals surface area contributed by atoms with Crippen LogP contribution in [0.25, 0.3) is 0 Å². The average molecular weight is 274 g/mol. The highest BCUT2D eigenvalue weighted by Gasteiger charge is 2.37. The second kappa shape index (κ2) is 5.00. The van der Waals surface area contributed by atoms with E-state index in [1.165, 1.54) is 38.5 Å². The van der Waals surface area contributed by atoms with Crippen LogP contribution in [0.3, 0.4) is 0 Å². The summed E-state index contributed by atoms with van der Waals surface area (Å²) >= 11 is 0. The number of hydrogen-bond acceptors (Lipinski definition) is 3. The highest BCUT2D eigenvalue weighted by atomic mass is 16.4. The van der Waals surface area contributed by atoms with Gasteiger partial charge in [-0.25, -0.2) is 4.79 Å². The van der Waals surface area contributed by atoms with Gasteiger partial charge >= 0.3 is 5.97 Å². The Kier molecular flexibility index (Phi) is 3.32. The van der Waals surface area contributed by atoms with Crippen molar-refractivity contribution in [2.24, 2.45) is 5.41 Å². The van der Waals surface area contributed by atoms with Gasteiger partial charge in [-0.3, -0.25) is 0 Å². The molecule has 1 aliphatic carbocycles. The first-order valence-corrected chi connectivity index (χ1v) is 7.47. The van der Waals surface area contributed by atoms with Crippen molar-refractivity contribution in [2.75, 3.05) is 23.7 Å². The van der Waals surface area contributed by atoms with Crippen LogP contribution in [0.5, 0.6) is 0 Å². The van der Waals surface area contributed by atoms with Gasteiger partial charge in [-0.05, 0) is 49.3 Å². The lowest BCUT2D eigenvalue weighted by Crippen LogP contribution is -2.39. The molecule has 0 amide bonds. The first-order chi connectivity index (χ1) is 9.60. The third-order valence-corrected chi connectivity index (χ3v) is 5.10. The van der Waals surface area contributed by atoms with Crippen molar-refractivity contribution in [1.29, 1.82) is 0 Å². The zero-order valence-electron chi connectivity index (χ0n) is 11.8. The van der Waals surface area contributed by atoms with Crippen LogP contribution in [-0.4, -0.2) is 24.2 Å². The van der Waals surface area contributed by atoms with Crippen LogP contribution in [0.1, 0.15) is 48.9 Å². The molecule has 0 unspecified atom stereocenters. The number of aromatic carboxylic acids is 1. The smallest absolute Gasteiger partial charge is 0.335 e. The molecule has 1 aromatic rings. The highest BCUT2D eigenvalue weighted by Crippen LogP contribution is 2.47. The number of hydrogen-bond donors (Lipinski definition) is 2. The number of nitrogens with two attached hydrogens (primary N) is 1. The van der Waals surface area contributed by atoms with Gasteiger partial charge in [0.25, 0.3) is 0 Å². The molecular weight excluding hydrogens is 252 g/mol. The Morgan fingerprint density at radius 1 is 1.15 bits per heavy atom. The predicted molar refractivity (Wildman–Crippen MR) is 80.2 cm³/mol. The molecule has 1 heterocycles. The number of rotatable bonds is 2. The molecule has 3 rings (SSSR count). The molecule has 2 fully saturated rings. The first kappa shape index (κ1) is 13.3. The Labute approximate surface area is 119 Å². The van der Waals surface area contributed by atoms with E-state index in [1.807, 2.05) is 6.07 Å². The van der Waals surface area contributed by atoms with E-state index >= 15 is 0 Å². The van der Waals surface area contributed by atoms with Gasteiger partial charge < -0.3 is 15.7 Å². The second-order valence-corrected chi connectivity index (χ2v) is 6.27. The lowest BCUT2D eigenvalue weighted by atomic mass is 9.77. The summed E-state index contributed by atoms with van der Waals surface area (Å²) in [5.41, 5.74) is 8.44. The molecule has 1 saturated heterocycles. The maximum absolute atomic E-state index is 10.9. The van der Waals surface area contributed by atoms with Crippen LogP contribution in [0.4, 0.5) is 11.4 Å². The fourth-order valence-electron chi connectivity index (χ4n) is 3.82. The summed E-state index contributed by atoms with van der Waals surface area (Å²) in [5, 5.41) is 8.98. The summed E-state index contributed by atoms with van der Waals surface area (Å²) in [6.45, 7) is 2.08. The Morgan fingerprint density at radius 3 is 2.35 bits per heavy atom. The SMILES string of the molecule is Nc1cc(C(=O)O)ccc1N1CCC2(CCCC2)CC1. The topological polar surface area (TPSA) is 66.6 Å². The Balaban J connectivity index is 1.73. The largest absolute Gasteiger partial charge is 0.478 e. The third kappa shape index (κ3) is 2.35. The van der Waals surface area contributed by atoms with Gasteiger partial charge in [-0.15, -0.1) is 0 Å². The molecule has 1 aliphatic heterocycles. The van der Waals surface area contributed by atoms with Gasteiger partial charge in [0, 0.05) is 13.1 Å². The fraction of sp³-hybridized carbons (Fsp3) is 0.562. The minimum atomic E-state index is -0.924. The predicted octanol–water partition coefficient (Wildman–Crippen LogP) is 3.13. The monoisotopic (exact) mass is 274 g/mol. The molecule has 0 radical (unpaired) electrons. The molecule has 2 aliphatic rings. The molecule has 1 aromatic carbocycles. The van der Waals surface area contributed by atoms with Crippen LogP contribution < -0.4 is 10.6 Å². The number of carboxylic acids is 1. The standard InChI is InChI=1S/C16H22N2O2/c17-13-11-12(15(19)20)3-4-14(13)18-9-7-16(8-10-18)5-1-2-6-16/h3-4,11H,1-2,5-10,17H2,(H,19,20). The first-order valence-electron chi connectivity index (χ1n) is 7.47. The Hall–Kier alpha value is -1.71. The van der Waals surface area contributed by atoms with E-state index in [9.17, 15) is 4.79 Å². The fourth-order valence-corrected chi connectivity index (χ4v) is 3.82. The molecule has 20 heavy (non-hydrogen) atoms. The van der Waals surface area contributed by atoms with E-state index in [4.69, 9.17) is 10.8 Å². The number of carboxylic acid groups (broad SMARTS) is 1. The number of benzene rings is 1. The quantitative estimate of drug-likeness (QED) is 0.813. The Bertz CT molecular complexity index is 511. The Morgan fingerprint density at radius 2 is 1.80 bits per heavy atom. The zero-order chi connectivity index (χ0) is 14.2. The lowest BCUT2D eigenvalue weighted by molar-refractivity contribution is 0.0697. The molecule has 0 atom stereocenters. The minimum Gasteiger partial charge on any atom is -0.478 e. The molecule has 0 aromatic heterocycles. The summed E-state index contributed by atoms with van der Waals surface area (Å²) in [4.78, 5) is 13.3. The molecule has 0 bridgehead atoms. The molecule has 4 heteroatoms. The maximum atomic E-state index is 10.9. The van der Waals surface area contributed by atoms with Crippen molar-refractivity contribution in [3.8, 4) is 0 Å². The van der Waals surface area contributed by atoms with E-state index in [0.717, 1.165) is 18.8 Å². The number of nitrogen functional groups attached to an aromatic ring is 1. The van der Waals surface area contributed by atoms with Gasteiger partial charge in [0.1, 0.15) is 0 Å². The minimum absolute atomic E-state index is 0.260. The van der Waals surface area contributed by atoms with Crippen molar-refractivity contribution >= 4 is 17.3 Å². The van der Waals surface area contributed by atoms with Crippen LogP contribution in [0.2, 0.25) is 0 Å². The van der Waals surface area contributed by atoms with Crippen molar-refractivity contribution in [1.82, 2.24) is 0 Å². The van der Waals surface area contributed by atoms with Crippen LogP contribution >= 0.6 is 0 Å². The number of anilines is 2. The van der Waals surface area contributed by atoms with Crippen molar-refractivity contribution in [3.05, 3.63) is 23.8 Å². The normalized spacial score (nSPS) is 21.3. The van der Waals surface area contributed by atoms with Gasteiger partial charge in [0.05, 0.1) is 16.9 Å². The van der Waals surface area contributed by atoms with Crippen molar-refractivity contribution in [3.63, 3.8) is 0 Å². The lowest BCUT2D eigenvalue weighted by Gasteiger charge is -2.40. The van der Waals surface area contributed by atoms with Crippen molar-refractivity contribution in [2.45, 2.75) is 38.5 Å². The van der Waals surface area contributed by atoms with E-state index in [0.29, 0.717) is 11.1 Å². The summed E-state index contributed by atoms with van der Waals surface area (Å²) < 4.78 is 0. The van der Waals surface area contributed by atoms with E-state index < -0.39 is 5.97 Å². The van der Waals surface area contributed by atoms with E-state index in [-0.39, 0.29) is 5.56 Å². The summed E-state index contributed by atoms with van der Waals surface area (Å²) in [5.74, 6) is -0.924. The summed E-state index contributed by atoms with van der Waals surface area (Å²) in [6, 6.07) is 5.07. The molecule has 3 N–H and O–H groups in total. The van der Waals surface area contributed by atoms with E-state index in [2.05, 4.69) is 4.90 Å². The molecular formula is C16H22N2O2. The maximum Gasteiger partial charge on any atom is 0.335 e. The molecule has 1 spiro atoms. The van der Waals surface area contributed by atoms with Crippen LogP contribution in [0, 0.1) is 5.41 Å². The van der Waals surface area contributed by atoms with Crippen LogP contribution in [-0.2, 0) is 0 Å². The van der Waals surface area contributed by atoms with Crippen molar-refractivity contribution < 1.29 is 9.90 Å². The summed E-state index contributed by atoms with van der Waals surface area (Å²) in [6.07, 6.45) is 8.02. The molecule has 4 nitrogen and oxygen atoms in total. The number of piperidine rings is 1. The second-order valence-electron chi connectivity index (χ2n) is 6.27. The molecule has 108 valence electrons. The average Bonchev–Trinajstić information content (AvgIpc) is 2.88. The van der Waals surface area contributed by atoms with Crippen LogP contribution in [0.15, 0.2) is 18.2 Å². The number of nitrogens with zero attached hydrogens (tertiary/aromatic N) is 1. The summed E-state index contributed by atoms with van der Waals surface area (Å²) in [7, 11) is 0. The van der Waals surface area contributed by atoms with Gasteiger partial charge in [0.15, 0.2) is 0 Å². The van der Waals surface area contributed by atoms with E-state index in [1.54, 1.807) is 12.1 Å². The van der Waals surface area contributed by atoms with Gasteiger partial charge in [-0.2, -0.15) is 0 Å². The third-order valence-electron chi connectivity index (χ3n) is 5.10. The zero-order valence-corrected chi connectivity index (χ0v) is 11.8. The molecule has 1 saturated carbocycles. The number of carbonyl (C=O) groups is 1. The van der Waals surface area contributed by atoms with Gasteiger partial charge in [-0.1, -0.05) is 12.8 Å². The van der Waals surface area contributed by atoms with Gasteiger partial charge in [0.2, 0.25) is 0 Å².